The molecule has 126 valence electrons. The molecule has 0 radical (unpaired) electrons. The minimum absolute atomic E-state index is 0.0786. The largest absolute Gasteiger partial charge is 0.468 e. The number of benzene rings is 1. The van der Waals surface area contributed by atoms with E-state index in [1.165, 1.54) is 19.2 Å². The van der Waals surface area contributed by atoms with Crippen LogP contribution in [0.3, 0.4) is 0 Å². The van der Waals surface area contributed by atoms with Crippen molar-refractivity contribution < 1.29 is 28.6 Å². The van der Waals surface area contributed by atoms with E-state index in [0.717, 1.165) is 0 Å². The highest BCUT2D eigenvalue weighted by Crippen LogP contribution is 2.09. The Bertz CT molecular complexity index is 529. The zero-order valence-corrected chi connectivity index (χ0v) is 13.1. The summed E-state index contributed by atoms with van der Waals surface area (Å²) in [4.78, 5) is 34.3. The maximum Gasteiger partial charge on any atom is 0.325 e. The molecule has 2 N–H and O–H groups in total. The maximum absolute atomic E-state index is 11.8. The topological polar surface area (TPSA) is 103 Å². The standard InChI is InChI=1S/C15H20N2O6/c1-21-7-8-23-10-13(18)17-12-5-3-11(4-6-12)15(20)16-9-14(19)22-2/h3-6H,7-10H2,1-2H3,(H,16,20)(H,17,18). The second kappa shape index (κ2) is 10.3. The predicted molar refractivity (Wildman–Crippen MR) is 82.1 cm³/mol. The normalized spacial score (nSPS) is 10.0. The molecule has 0 spiro atoms. The van der Waals surface area contributed by atoms with Crippen molar-refractivity contribution in [3.8, 4) is 0 Å². The Morgan fingerprint density at radius 2 is 1.74 bits per heavy atom. The maximum atomic E-state index is 11.8. The van der Waals surface area contributed by atoms with Crippen molar-refractivity contribution in [1.82, 2.24) is 5.32 Å². The zero-order valence-electron chi connectivity index (χ0n) is 13.1. The van der Waals surface area contributed by atoms with Crippen LogP contribution in [-0.4, -0.2) is 58.4 Å². The van der Waals surface area contributed by atoms with Gasteiger partial charge in [0.2, 0.25) is 5.91 Å². The number of anilines is 1. The minimum Gasteiger partial charge on any atom is -0.468 e. The average Bonchev–Trinajstić information content (AvgIpc) is 2.57. The first kappa shape index (κ1) is 18.6. The molecule has 0 aliphatic carbocycles. The third-order valence-electron chi connectivity index (χ3n) is 2.72. The van der Waals surface area contributed by atoms with Crippen molar-refractivity contribution in [2.75, 3.05) is 45.9 Å². The van der Waals surface area contributed by atoms with E-state index in [1.807, 2.05) is 0 Å². The first-order valence-corrected chi connectivity index (χ1v) is 6.88. The number of carbonyl (C=O) groups is 3. The van der Waals surface area contributed by atoms with E-state index in [4.69, 9.17) is 9.47 Å². The molecule has 23 heavy (non-hydrogen) atoms. The lowest BCUT2D eigenvalue weighted by Crippen LogP contribution is -2.30. The van der Waals surface area contributed by atoms with Gasteiger partial charge in [-0.1, -0.05) is 0 Å². The van der Waals surface area contributed by atoms with E-state index >= 15 is 0 Å². The molecule has 0 heterocycles. The molecule has 8 nitrogen and oxygen atoms in total. The van der Waals surface area contributed by atoms with Gasteiger partial charge in [-0.3, -0.25) is 14.4 Å². The lowest BCUT2D eigenvalue weighted by Gasteiger charge is -2.07. The van der Waals surface area contributed by atoms with Crippen molar-refractivity contribution in [2.24, 2.45) is 0 Å². The van der Waals surface area contributed by atoms with Crippen LogP contribution in [0.2, 0.25) is 0 Å². The van der Waals surface area contributed by atoms with E-state index in [-0.39, 0.29) is 19.1 Å². The van der Waals surface area contributed by atoms with Gasteiger partial charge in [-0.05, 0) is 24.3 Å². The first-order chi connectivity index (χ1) is 11.1. The monoisotopic (exact) mass is 324 g/mol. The van der Waals surface area contributed by atoms with Gasteiger partial charge in [0, 0.05) is 18.4 Å². The van der Waals surface area contributed by atoms with Crippen molar-refractivity contribution >= 4 is 23.5 Å². The quantitative estimate of drug-likeness (QED) is 0.496. The fourth-order valence-corrected chi connectivity index (χ4v) is 1.54. The summed E-state index contributed by atoms with van der Waals surface area (Å²) in [6.45, 7) is 0.475. The molecule has 1 aromatic rings. The van der Waals surface area contributed by atoms with Crippen LogP contribution in [0.15, 0.2) is 24.3 Å². The van der Waals surface area contributed by atoms with Crippen LogP contribution < -0.4 is 10.6 Å². The van der Waals surface area contributed by atoms with Gasteiger partial charge in [-0.2, -0.15) is 0 Å². The van der Waals surface area contributed by atoms with E-state index < -0.39 is 11.9 Å². The fourth-order valence-electron chi connectivity index (χ4n) is 1.54. The summed E-state index contributed by atoms with van der Waals surface area (Å²) in [7, 11) is 2.79. The summed E-state index contributed by atoms with van der Waals surface area (Å²) in [5, 5.41) is 5.05. The van der Waals surface area contributed by atoms with E-state index in [9.17, 15) is 14.4 Å². The van der Waals surface area contributed by atoms with Crippen LogP contribution in [0, 0.1) is 0 Å². The Hall–Kier alpha value is -2.45. The molecule has 0 saturated heterocycles. The molecule has 2 amide bonds. The molecular formula is C15H20N2O6. The molecule has 0 bridgehead atoms. The highest BCUT2D eigenvalue weighted by molar-refractivity contribution is 5.97. The summed E-state index contributed by atoms with van der Waals surface area (Å²) in [6.07, 6.45) is 0. The van der Waals surface area contributed by atoms with Crippen molar-refractivity contribution in [1.29, 1.82) is 0 Å². The van der Waals surface area contributed by atoms with E-state index in [1.54, 1.807) is 19.2 Å². The molecule has 0 aliphatic rings. The Morgan fingerprint density at radius 3 is 2.35 bits per heavy atom. The highest BCUT2D eigenvalue weighted by Gasteiger charge is 2.08. The third kappa shape index (κ3) is 7.39. The highest BCUT2D eigenvalue weighted by atomic mass is 16.5. The second-order valence-corrected chi connectivity index (χ2v) is 4.43. The van der Waals surface area contributed by atoms with Crippen molar-refractivity contribution in [3.05, 3.63) is 29.8 Å². The van der Waals surface area contributed by atoms with Crippen LogP contribution in [-0.2, 0) is 23.8 Å². The minimum atomic E-state index is -0.532. The van der Waals surface area contributed by atoms with Gasteiger partial charge in [0.15, 0.2) is 0 Å². The average molecular weight is 324 g/mol. The number of ether oxygens (including phenoxy) is 3. The molecule has 8 heteroatoms. The summed E-state index contributed by atoms with van der Waals surface area (Å²) in [5.74, 6) is -1.24. The smallest absolute Gasteiger partial charge is 0.325 e. The van der Waals surface area contributed by atoms with Crippen molar-refractivity contribution in [2.45, 2.75) is 0 Å². The van der Waals surface area contributed by atoms with Crippen LogP contribution >= 0.6 is 0 Å². The second-order valence-electron chi connectivity index (χ2n) is 4.43. The summed E-state index contributed by atoms with van der Waals surface area (Å²) >= 11 is 0. The Labute approximate surface area is 134 Å². The number of hydrogen-bond acceptors (Lipinski definition) is 6. The van der Waals surface area contributed by atoms with Gasteiger partial charge < -0.3 is 24.8 Å². The lowest BCUT2D eigenvalue weighted by atomic mass is 10.2. The van der Waals surface area contributed by atoms with Gasteiger partial charge in [0.1, 0.15) is 13.2 Å². The molecule has 0 unspecified atom stereocenters. The molecule has 0 aliphatic heterocycles. The van der Waals surface area contributed by atoms with Gasteiger partial charge in [0.05, 0.1) is 20.3 Å². The Kier molecular flexibility index (Phi) is 8.33. The van der Waals surface area contributed by atoms with Crippen LogP contribution in [0.25, 0.3) is 0 Å². The molecule has 1 aromatic carbocycles. The molecular weight excluding hydrogens is 304 g/mol. The summed E-state index contributed by atoms with van der Waals surface area (Å²) in [5.41, 5.74) is 0.901. The predicted octanol–water partition coefficient (Wildman–Crippen LogP) is 0.191. The molecule has 1 rings (SSSR count). The van der Waals surface area contributed by atoms with E-state index in [2.05, 4.69) is 15.4 Å². The van der Waals surface area contributed by atoms with Crippen LogP contribution in [0.4, 0.5) is 5.69 Å². The lowest BCUT2D eigenvalue weighted by molar-refractivity contribution is -0.139. The van der Waals surface area contributed by atoms with Gasteiger partial charge in [0.25, 0.3) is 5.91 Å². The fraction of sp³-hybridized carbons (Fsp3) is 0.400. The third-order valence-corrected chi connectivity index (χ3v) is 2.72. The number of nitrogens with one attached hydrogen (secondary N) is 2. The molecule has 0 aromatic heterocycles. The van der Waals surface area contributed by atoms with Crippen molar-refractivity contribution in [3.63, 3.8) is 0 Å². The molecule has 0 saturated carbocycles. The van der Waals surface area contributed by atoms with Crippen LogP contribution in [0.5, 0.6) is 0 Å². The van der Waals surface area contributed by atoms with Gasteiger partial charge in [-0.15, -0.1) is 0 Å². The Morgan fingerprint density at radius 1 is 1.04 bits per heavy atom. The SMILES string of the molecule is COCCOCC(=O)Nc1ccc(C(=O)NCC(=O)OC)cc1. The summed E-state index contributed by atoms with van der Waals surface area (Å²) < 4.78 is 14.3. The van der Waals surface area contributed by atoms with Gasteiger partial charge >= 0.3 is 5.97 Å². The number of amides is 2. The number of hydrogen-bond donors (Lipinski definition) is 2. The Balaban J connectivity index is 2.42. The molecule has 0 fully saturated rings. The first-order valence-electron chi connectivity index (χ1n) is 6.88. The zero-order chi connectivity index (χ0) is 17.1. The number of esters is 1. The molecule has 0 atom stereocenters. The van der Waals surface area contributed by atoms with Gasteiger partial charge in [-0.25, -0.2) is 0 Å². The number of carbonyl (C=O) groups excluding carboxylic acids is 3. The van der Waals surface area contributed by atoms with E-state index in [0.29, 0.717) is 24.5 Å². The summed E-state index contributed by atoms with van der Waals surface area (Å²) in [6, 6.07) is 6.24. The number of rotatable bonds is 9. The van der Waals surface area contributed by atoms with Crippen LogP contribution in [0.1, 0.15) is 10.4 Å². The number of methoxy groups -OCH3 is 2.